The van der Waals surface area contributed by atoms with E-state index in [0.29, 0.717) is 17.4 Å². The summed E-state index contributed by atoms with van der Waals surface area (Å²) in [4.78, 5) is 22.9. The minimum Gasteiger partial charge on any atom is -0.484 e. The Morgan fingerprint density at radius 3 is 2.08 bits per heavy atom. The average Bonchev–Trinajstić information content (AvgIpc) is 2.60. The second-order valence-electron chi connectivity index (χ2n) is 5.97. The molecule has 0 aliphatic rings. The highest BCUT2D eigenvalue weighted by atomic mass is 16.5. The van der Waals surface area contributed by atoms with Gasteiger partial charge in [-0.2, -0.15) is 0 Å². The molecule has 2 aromatic rings. The van der Waals surface area contributed by atoms with E-state index in [0.717, 1.165) is 12.1 Å². The van der Waals surface area contributed by atoms with E-state index in [4.69, 9.17) is 4.74 Å². The van der Waals surface area contributed by atoms with Crippen LogP contribution in [0.2, 0.25) is 0 Å². The van der Waals surface area contributed by atoms with Gasteiger partial charge in [0.25, 0.3) is 5.91 Å². The maximum Gasteiger partial charge on any atom is 0.262 e. The molecule has 0 spiro atoms. The minimum absolute atomic E-state index is 0.0768. The minimum atomic E-state index is -0.220. The third kappa shape index (κ3) is 5.95. The highest BCUT2D eigenvalue weighted by molar-refractivity contribution is 5.92. The number of anilines is 2. The Kier molecular flexibility index (Phi) is 6.57. The first-order chi connectivity index (χ1) is 12.0. The fraction of sp³-hybridized carbons (Fsp3) is 0.300. The van der Waals surface area contributed by atoms with E-state index in [-0.39, 0.29) is 18.4 Å². The zero-order chi connectivity index (χ0) is 18.2. The zero-order valence-corrected chi connectivity index (χ0v) is 14.8. The second-order valence-corrected chi connectivity index (χ2v) is 5.97. The van der Waals surface area contributed by atoms with Crippen LogP contribution < -0.4 is 15.4 Å². The quantitative estimate of drug-likeness (QED) is 0.795. The van der Waals surface area contributed by atoms with E-state index in [1.165, 1.54) is 12.5 Å². The molecule has 0 aromatic heterocycles. The molecule has 132 valence electrons. The Morgan fingerprint density at radius 2 is 1.52 bits per heavy atom. The topological polar surface area (TPSA) is 67.4 Å². The first-order valence-corrected chi connectivity index (χ1v) is 8.38. The van der Waals surface area contributed by atoms with Gasteiger partial charge in [0.1, 0.15) is 5.75 Å². The number of carbonyl (C=O) groups excluding carboxylic acids is 2. The van der Waals surface area contributed by atoms with Gasteiger partial charge in [0.15, 0.2) is 6.61 Å². The molecule has 0 saturated carbocycles. The number of hydrogen-bond donors (Lipinski definition) is 2. The highest BCUT2D eigenvalue weighted by Gasteiger charge is 2.06. The van der Waals surface area contributed by atoms with Crippen molar-refractivity contribution in [2.45, 2.75) is 33.1 Å². The molecule has 1 atom stereocenters. The molecule has 0 radical (unpaired) electrons. The molecular formula is C20H24N2O3. The lowest BCUT2D eigenvalue weighted by atomic mass is 9.99. The molecule has 0 unspecified atom stereocenters. The summed E-state index contributed by atoms with van der Waals surface area (Å²) in [6, 6.07) is 14.7. The molecular weight excluding hydrogens is 316 g/mol. The van der Waals surface area contributed by atoms with E-state index in [1.54, 1.807) is 24.3 Å². The third-order valence-corrected chi connectivity index (χ3v) is 3.92. The number of nitrogens with one attached hydrogen (secondary N) is 2. The number of ether oxygens (including phenoxy) is 1. The lowest BCUT2D eigenvalue weighted by Crippen LogP contribution is -2.20. The van der Waals surface area contributed by atoms with Crippen LogP contribution in [0, 0.1) is 0 Å². The average molecular weight is 340 g/mol. The standard InChI is InChI=1S/C20H24N2O3/c1-4-14(2)16-5-7-18(8-6-16)22-20(24)13-25-19-11-9-17(10-12-19)21-15(3)23/h5-12,14H,4,13H2,1-3H3,(H,21,23)(H,22,24)/t14-/m0/s1. The van der Waals surface area contributed by atoms with Gasteiger partial charge in [0, 0.05) is 18.3 Å². The number of hydrogen-bond acceptors (Lipinski definition) is 3. The fourth-order valence-electron chi connectivity index (χ4n) is 2.31. The van der Waals surface area contributed by atoms with Crippen molar-refractivity contribution in [1.82, 2.24) is 0 Å². The summed E-state index contributed by atoms with van der Waals surface area (Å²) in [6.45, 7) is 5.70. The summed E-state index contributed by atoms with van der Waals surface area (Å²) >= 11 is 0. The summed E-state index contributed by atoms with van der Waals surface area (Å²) in [5, 5.41) is 5.49. The van der Waals surface area contributed by atoms with Crippen LogP contribution in [-0.2, 0) is 9.59 Å². The highest BCUT2D eigenvalue weighted by Crippen LogP contribution is 2.20. The van der Waals surface area contributed by atoms with Gasteiger partial charge >= 0.3 is 0 Å². The van der Waals surface area contributed by atoms with Crippen molar-refractivity contribution >= 4 is 23.2 Å². The number of carbonyl (C=O) groups is 2. The monoisotopic (exact) mass is 340 g/mol. The van der Waals surface area contributed by atoms with Crippen LogP contribution >= 0.6 is 0 Å². The summed E-state index contributed by atoms with van der Waals surface area (Å²) in [6.07, 6.45) is 1.08. The number of amides is 2. The van der Waals surface area contributed by atoms with Crippen LogP contribution in [0.5, 0.6) is 5.75 Å². The molecule has 5 nitrogen and oxygen atoms in total. The van der Waals surface area contributed by atoms with Gasteiger partial charge in [-0.25, -0.2) is 0 Å². The zero-order valence-electron chi connectivity index (χ0n) is 14.8. The number of rotatable bonds is 7. The van der Waals surface area contributed by atoms with Crippen molar-refractivity contribution in [2.24, 2.45) is 0 Å². The van der Waals surface area contributed by atoms with Crippen molar-refractivity contribution in [3.05, 3.63) is 54.1 Å². The first kappa shape index (κ1) is 18.5. The molecule has 0 aliphatic heterocycles. The van der Waals surface area contributed by atoms with Gasteiger partial charge in [-0.05, 0) is 54.3 Å². The van der Waals surface area contributed by atoms with E-state index >= 15 is 0 Å². The summed E-state index contributed by atoms with van der Waals surface area (Å²) in [7, 11) is 0. The summed E-state index contributed by atoms with van der Waals surface area (Å²) in [5.74, 6) is 0.722. The SMILES string of the molecule is CC[C@H](C)c1ccc(NC(=O)COc2ccc(NC(C)=O)cc2)cc1. The molecule has 0 saturated heterocycles. The maximum absolute atomic E-state index is 12.0. The molecule has 0 bridgehead atoms. The van der Waals surface area contributed by atoms with Gasteiger partial charge in [0.2, 0.25) is 5.91 Å². The van der Waals surface area contributed by atoms with Gasteiger partial charge < -0.3 is 15.4 Å². The van der Waals surface area contributed by atoms with Crippen LogP contribution in [0.3, 0.4) is 0 Å². The number of benzene rings is 2. The smallest absolute Gasteiger partial charge is 0.262 e. The molecule has 0 aliphatic carbocycles. The molecule has 25 heavy (non-hydrogen) atoms. The van der Waals surface area contributed by atoms with Crippen molar-refractivity contribution in [2.75, 3.05) is 17.2 Å². The van der Waals surface area contributed by atoms with E-state index < -0.39 is 0 Å². The van der Waals surface area contributed by atoms with Crippen LogP contribution in [0.4, 0.5) is 11.4 Å². The van der Waals surface area contributed by atoms with Gasteiger partial charge in [0.05, 0.1) is 0 Å². The van der Waals surface area contributed by atoms with E-state index in [9.17, 15) is 9.59 Å². The Labute approximate surface area is 148 Å². The Bertz CT molecular complexity index is 709. The molecule has 2 rings (SSSR count). The lowest BCUT2D eigenvalue weighted by Gasteiger charge is -2.11. The van der Waals surface area contributed by atoms with Gasteiger partial charge in [-0.1, -0.05) is 26.0 Å². The lowest BCUT2D eigenvalue weighted by molar-refractivity contribution is -0.118. The van der Waals surface area contributed by atoms with Crippen molar-refractivity contribution in [1.29, 1.82) is 0 Å². The molecule has 0 heterocycles. The van der Waals surface area contributed by atoms with Crippen molar-refractivity contribution in [3.63, 3.8) is 0 Å². The Morgan fingerprint density at radius 1 is 0.960 bits per heavy atom. The Balaban J connectivity index is 1.83. The van der Waals surface area contributed by atoms with Crippen molar-refractivity contribution < 1.29 is 14.3 Å². The Hall–Kier alpha value is -2.82. The normalized spacial score (nSPS) is 11.5. The molecule has 2 amide bonds. The van der Waals surface area contributed by atoms with Gasteiger partial charge in [-0.3, -0.25) is 9.59 Å². The fourth-order valence-corrected chi connectivity index (χ4v) is 2.31. The first-order valence-electron chi connectivity index (χ1n) is 8.38. The molecule has 2 N–H and O–H groups in total. The third-order valence-electron chi connectivity index (χ3n) is 3.92. The predicted molar refractivity (Wildman–Crippen MR) is 100 cm³/mol. The van der Waals surface area contributed by atoms with Crippen LogP contribution in [0.1, 0.15) is 38.7 Å². The summed E-state index contributed by atoms with van der Waals surface area (Å²) < 4.78 is 5.45. The maximum atomic E-state index is 12.0. The van der Waals surface area contributed by atoms with Crippen LogP contribution in [-0.4, -0.2) is 18.4 Å². The second kappa shape index (κ2) is 8.87. The van der Waals surface area contributed by atoms with E-state index in [1.807, 2.05) is 24.3 Å². The summed E-state index contributed by atoms with van der Waals surface area (Å²) in [5.41, 5.74) is 2.70. The van der Waals surface area contributed by atoms with Crippen LogP contribution in [0.15, 0.2) is 48.5 Å². The molecule has 0 fully saturated rings. The predicted octanol–water partition coefficient (Wildman–Crippen LogP) is 4.18. The molecule has 5 heteroatoms. The van der Waals surface area contributed by atoms with E-state index in [2.05, 4.69) is 24.5 Å². The van der Waals surface area contributed by atoms with Crippen LogP contribution in [0.25, 0.3) is 0 Å². The van der Waals surface area contributed by atoms with Crippen molar-refractivity contribution in [3.8, 4) is 5.75 Å². The van der Waals surface area contributed by atoms with Gasteiger partial charge in [-0.15, -0.1) is 0 Å². The largest absolute Gasteiger partial charge is 0.484 e. The molecule has 2 aromatic carbocycles.